The van der Waals surface area contributed by atoms with E-state index in [-0.39, 0.29) is 5.91 Å². The average Bonchev–Trinajstić information content (AvgIpc) is 2.41. The molecule has 0 aromatic heterocycles. The van der Waals surface area contributed by atoms with Crippen LogP contribution in [0.1, 0.15) is 52.4 Å². The molecule has 0 unspecified atom stereocenters. The number of ketones is 1. The lowest BCUT2D eigenvalue weighted by Gasteiger charge is -2.07. The Balaban J connectivity index is 3.13. The lowest BCUT2D eigenvalue weighted by molar-refractivity contribution is -0.121. The third-order valence-electron chi connectivity index (χ3n) is 2.69. The van der Waals surface area contributed by atoms with Crippen molar-refractivity contribution in [3.63, 3.8) is 0 Å². The number of carbonyl (C=O) groups excluding carboxylic acids is 2. The van der Waals surface area contributed by atoms with Crippen LogP contribution in [0.5, 0.6) is 0 Å². The van der Waals surface area contributed by atoms with Crippen molar-refractivity contribution in [3.05, 3.63) is 0 Å². The molecule has 1 N–H and O–H groups in total. The van der Waals surface area contributed by atoms with Crippen molar-refractivity contribution in [3.8, 4) is 0 Å². The Hall–Kier alpha value is -0.940. The molecule has 0 heterocycles. The molecule has 20 heavy (non-hydrogen) atoms. The lowest BCUT2D eigenvalue weighted by Crippen LogP contribution is -2.27. The van der Waals surface area contributed by atoms with Crippen LogP contribution in [-0.2, 0) is 19.1 Å². The molecule has 0 saturated heterocycles. The van der Waals surface area contributed by atoms with E-state index in [9.17, 15) is 9.59 Å². The van der Waals surface area contributed by atoms with E-state index in [0.717, 1.165) is 19.3 Å². The van der Waals surface area contributed by atoms with Gasteiger partial charge in [-0.25, -0.2) is 0 Å². The van der Waals surface area contributed by atoms with Gasteiger partial charge < -0.3 is 14.8 Å². The van der Waals surface area contributed by atoms with Crippen molar-refractivity contribution in [2.45, 2.75) is 52.4 Å². The molecule has 0 aromatic rings. The highest BCUT2D eigenvalue weighted by Crippen LogP contribution is 1.98. The van der Waals surface area contributed by atoms with Gasteiger partial charge in [0.2, 0.25) is 5.91 Å². The van der Waals surface area contributed by atoms with Crippen LogP contribution in [0, 0.1) is 0 Å². The van der Waals surface area contributed by atoms with Gasteiger partial charge in [0.1, 0.15) is 5.78 Å². The zero-order valence-electron chi connectivity index (χ0n) is 12.9. The first kappa shape index (κ1) is 19.1. The second kappa shape index (κ2) is 14.5. The summed E-state index contributed by atoms with van der Waals surface area (Å²) >= 11 is 0. The predicted molar refractivity (Wildman–Crippen MR) is 78.7 cm³/mol. The monoisotopic (exact) mass is 287 g/mol. The maximum absolute atomic E-state index is 11.2. The highest BCUT2D eigenvalue weighted by Gasteiger charge is 2.00. The molecular weight excluding hydrogens is 258 g/mol. The van der Waals surface area contributed by atoms with Gasteiger partial charge in [0.25, 0.3) is 0 Å². The number of hydrogen-bond donors (Lipinski definition) is 1. The van der Waals surface area contributed by atoms with Gasteiger partial charge in [0, 0.05) is 32.4 Å². The molecule has 0 radical (unpaired) electrons. The van der Waals surface area contributed by atoms with E-state index < -0.39 is 0 Å². The van der Waals surface area contributed by atoms with E-state index >= 15 is 0 Å². The first-order chi connectivity index (χ1) is 9.70. The second-order valence-corrected chi connectivity index (χ2v) is 4.72. The maximum Gasteiger partial charge on any atom is 0.220 e. The van der Waals surface area contributed by atoms with Crippen LogP contribution in [0.2, 0.25) is 0 Å². The first-order valence-corrected chi connectivity index (χ1v) is 7.64. The van der Waals surface area contributed by atoms with E-state index in [1.165, 1.54) is 0 Å². The average molecular weight is 287 g/mol. The largest absolute Gasteiger partial charge is 0.379 e. The summed E-state index contributed by atoms with van der Waals surface area (Å²) in [5.74, 6) is 0.388. The Labute approximate surface area is 122 Å². The van der Waals surface area contributed by atoms with Crippen molar-refractivity contribution in [2.24, 2.45) is 0 Å². The van der Waals surface area contributed by atoms with Gasteiger partial charge in [0.15, 0.2) is 0 Å². The lowest BCUT2D eigenvalue weighted by atomic mass is 10.1. The van der Waals surface area contributed by atoms with Crippen LogP contribution in [0.4, 0.5) is 0 Å². The molecule has 0 atom stereocenters. The molecule has 0 spiro atoms. The molecule has 5 nitrogen and oxygen atoms in total. The molecule has 0 aliphatic rings. The molecular formula is C15H29NO4. The minimum Gasteiger partial charge on any atom is -0.379 e. The molecule has 0 fully saturated rings. The zero-order chi connectivity index (χ0) is 15.1. The fourth-order valence-electron chi connectivity index (χ4n) is 1.68. The standard InChI is InChI=1S/C15H29NO4/c1-3-6-14(17)8-5-10-19-12-13-20-11-9-16-15(18)7-4-2/h3-13H2,1-2H3,(H,16,18). The Morgan fingerprint density at radius 3 is 2.15 bits per heavy atom. The van der Waals surface area contributed by atoms with Crippen LogP contribution >= 0.6 is 0 Å². The quantitative estimate of drug-likeness (QED) is 0.497. The van der Waals surface area contributed by atoms with Gasteiger partial charge in [-0.1, -0.05) is 13.8 Å². The van der Waals surface area contributed by atoms with Crippen LogP contribution in [0.15, 0.2) is 0 Å². The van der Waals surface area contributed by atoms with Crippen molar-refractivity contribution in [1.82, 2.24) is 5.32 Å². The molecule has 0 bridgehead atoms. The number of Topliss-reactive ketones (excluding diaryl/α,β-unsaturated/α-hetero) is 1. The van der Waals surface area contributed by atoms with Crippen LogP contribution in [0.25, 0.3) is 0 Å². The van der Waals surface area contributed by atoms with Crippen molar-refractivity contribution in [1.29, 1.82) is 0 Å². The van der Waals surface area contributed by atoms with Crippen LogP contribution in [-0.4, -0.2) is 44.7 Å². The highest BCUT2D eigenvalue weighted by molar-refractivity contribution is 5.78. The number of rotatable bonds is 14. The van der Waals surface area contributed by atoms with E-state index in [4.69, 9.17) is 9.47 Å². The summed E-state index contributed by atoms with van der Waals surface area (Å²) in [5.41, 5.74) is 0. The van der Waals surface area contributed by atoms with Crippen LogP contribution < -0.4 is 5.32 Å². The summed E-state index contributed by atoms with van der Waals surface area (Å²) in [6.07, 6.45) is 4.42. The Morgan fingerprint density at radius 1 is 0.850 bits per heavy atom. The summed E-state index contributed by atoms with van der Waals surface area (Å²) in [7, 11) is 0. The second-order valence-electron chi connectivity index (χ2n) is 4.72. The van der Waals surface area contributed by atoms with E-state index in [2.05, 4.69) is 5.32 Å². The van der Waals surface area contributed by atoms with E-state index in [0.29, 0.717) is 58.0 Å². The number of nitrogens with one attached hydrogen (secondary N) is 1. The number of carbonyl (C=O) groups is 2. The minimum atomic E-state index is 0.0732. The molecule has 0 aliphatic carbocycles. The van der Waals surface area contributed by atoms with Gasteiger partial charge in [-0.3, -0.25) is 9.59 Å². The molecule has 0 rings (SSSR count). The summed E-state index contributed by atoms with van der Waals surface area (Å²) in [4.78, 5) is 22.4. The fraction of sp³-hybridized carbons (Fsp3) is 0.867. The SMILES string of the molecule is CCCC(=O)CCCOCCOCCNC(=O)CCC. The third kappa shape index (κ3) is 13.5. The third-order valence-corrected chi connectivity index (χ3v) is 2.69. The van der Waals surface area contributed by atoms with Crippen molar-refractivity contribution < 1.29 is 19.1 Å². The Bertz CT molecular complexity index is 230. The fourth-order valence-corrected chi connectivity index (χ4v) is 1.68. The molecule has 118 valence electrons. The molecule has 0 saturated carbocycles. The molecule has 5 heteroatoms. The Kier molecular flexibility index (Phi) is 13.8. The van der Waals surface area contributed by atoms with Crippen molar-refractivity contribution >= 4 is 11.7 Å². The summed E-state index contributed by atoms with van der Waals surface area (Å²) in [5, 5.41) is 2.78. The molecule has 1 amide bonds. The highest BCUT2D eigenvalue weighted by atomic mass is 16.5. The molecule has 0 aliphatic heterocycles. The van der Waals surface area contributed by atoms with Gasteiger partial charge in [-0.15, -0.1) is 0 Å². The zero-order valence-corrected chi connectivity index (χ0v) is 12.9. The number of hydrogen-bond acceptors (Lipinski definition) is 4. The summed E-state index contributed by atoms with van der Waals surface area (Å²) in [6.45, 7) is 6.70. The Morgan fingerprint density at radius 2 is 1.50 bits per heavy atom. The number of amides is 1. The van der Waals surface area contributed by atoms with Gasteiger partial charge in [0.05, 0.1) is 19.8 Å². The smallest absolute Gasteiger partial charge is 0.220 e. The minimum absolute atomic E-state index is 0.0732. The van der Waals surface area contributed by atoms with E-state index in [1.807, 2.05) is 13.8 Å². The normalized spacial score (nSPS) is 10.5. The molecule has 0 aromatic carbocycles. The maximum atomic E-state index is 11.2. The first-order valence-electron chi connectivity index (χ1n) is 7.64. The van der Waals surface area contributed by atoms with Gasteiger partial charge >= 0.3 is 0 Å². The topological polar surface area (TPSA) is 64.6 Å². The van der Waals surface area contributed by atoms with Gasteiger partial charge in [-0.2, -0.15) is 0 Å². The van der Waals surface area contributed by atoms with E-state index in [1.54, 1.807) is 0 Å². The number of ether oxygens (including phenoxy) is 2. The van der Waals surface area contributed by atoms with Crippen LogP contribution in [0.3, 0.4) is 0 Å². The summed E-state index contributed by atoms with van der Waals surface area (Å²) in [6, 6.07) is 0. The summed E-state index contributed by atoms with van der Waals surface area (Å²) < 4.78 is 10.7. The predicted octanol–water partition coefficient (Wildman–Crippen LogP) is 2.09. The van der Waals surface area contributed by atoms with Gasteiger partial charge in [-0.05, 0) is 19.3 Å². The van der Waals surface area contributed by atoms with Crippen molar-refractivity contribution in [2.75, 3.05) is 33.0 Å².